The quantitative estimate of drug-likeness (QED) is 0.562. The highest BCUT2D eigenvalue weighted by Gasteiger charge is 2.32. The van der Waals surface area contributed by atoms with Crippen molar-refractivity contribution < 1.29 is 14.4 Å². The maximum absolute atomic E-state index is 13.0. The van der Waals surface area contributed by atoms with Crippen LogP contribution in [0.5, 0.6) is 0 Å². The average molecular weight is 428 g/mol. The van der Waals surface area contributed by atoms with Crippen molar-refractivity contribution in [2.75, 3.05) is 16.8 Å². The number of nitrogens with zero attached hydrogens (tertiary/aromatic N) is 1. The topological polar surface area (TPSA) is 90.5 Å². The lowest BCUT2D eigenvalue weighted by Crippen LogP contribution is -2.47. The number of hydrogen-bond donors (Lipinski definition) is 3. The molecule has 4 amide bonds. The largest absolute Gasteiger partial charge is 0.333 e. The molecular formula is C25H24N4O3. The van der Waals surface area contributed by atoms with E-state index in [-0.39, 0.29) is 24.3 Å². The molecular weight excluding hydrogens is 404 g/mol. The molecule has 1 fully saturated rings. The smallest absolute Gasteiger partial charge is 0.316 e. The molecule has 7 heteroatoms. The van der Waals surface area contributed by atoms with E-state index < -0.39 is 12.1 Å². The lowest BCUT2D eigenvalue weighted by Gasteiger charge is -2.21. The molecule has 3 aromatic rings. The van der Waals surface area contributed by atoms with Gasteiger partial charge in [0.1, 0.15) is 6.04 Å². The molecule has 2 atom stereocenters. The summed E-state index contributed by atoms with van der Waals surface area (Å²) in [5, 5.41) is 8.42. The first kappa shape index (κ1) is 21.1. The summed E-state index contributed by atoms with van der Waals surface area (Å²) < 4.78 is 0. The van der Waals surface area contributed by atoms with Crippen molar-refractivity contribution in [1.82, 2.24) is 10.6 Å². The number of anilines is 2. The molecule has 1 aliphatic heterocycles. The van der Waals surface area contributed by atoms with Gasteiger partial charge in [-0.1, -0.05) is 66.7 Å². The number of nitrogens with one attached hydrogen (secondary N) is 3. The molecule has 1 aliphatic rings. The summed E-state index contributed by atoms with van der Waals surface area (Å²) >= 11 is 0. The van der Waals surface area contributed by atoms with Gasteiger partial charge < -0.3 is 20.9 Å². The summed E-state index contributed by atoms with van der Waals surface area (Å²) in [6.45, 7) is 0.377. The summed E-state index contributed by atoms with van der Waals surface area (Å²) in [6, 6.07) is 25.7. The Hall–Kier alpha value is -4.13. The number of carbonyl (C=O) groups is 3. The molecule has 0 bridgehead atoms. The number of amides is 4. The van der Waals surface area contributed by atoms with E-state index in [1.807, 2.05) is 66.7 Å². The van der Waals surface area contributed by atoms with Gasteiger partial charge >= 0.3 is 6.03 Å². The molecule has 2 unspecified atom stereocenters. The highest BCUT2D eigenvalue weighted by Crippen LogP contribution is 2.21. The molecule has 32 heavy (non-hydrogen) atoms. The monoisotopic (exact) mass is 428 g/mol. The molecule has 0 aromatic heterocycles. The third kappa shape index (κ3) is 5.13. The third-order valence-corrected chi connectivity index (χ3v) is 5.24. The Labute approximate surface area is 186 Å². The number of hydrogen-bond acceptors (Lipinski definition) is 3. The van der Waals surface area contributed by atoms with Crippen LogP contribution in [0.3, 0.4) is 0 Å². The first-order chi connectivity index (χ1) is 15.6. The summed E-state index contributed by atoms with van der Waals surface area (Å²) in [7, 11) is 0. The molecule has 0 aliphatic carbocycles. The lowest BCUT2D eigenvalue weighted by molar-refractivity contribution is -0.118. The zero-order chi connectivity index (χ0) is 22.3. The Bertz CT molecular complexity index is 1070. The van der Waals surface area contributed by atoms with E-state index >= 15 is 0 Å². The zero-order valence-electron chi connectivity index (χ0n) is 17.4. The third-order valence-electron chi connectivity index (χ3n) is 5.24. The van der Waals surface area contributed by atoms with Crippen LogP contribution in [0.1, 0.15) is 18.0 Å². The van der Waals surface area contributed by atoms with Gasteiger partial charge in [0, 0.05) is 24.3 Å². The van der Waals surface area contributed by atoms with Crippen molar-refractivity contribution in [3.8, 4) is 0 Å². The van der Waals surface area contributed by atoms with E-state index in [1.54, 1.807) is 29.2 Å². The van der Waals surface area contributed by atoms with Crippen LogP contribution in [-0.4, -0.2) is 30.4 Å². The summed E-state index contributed by atoms with van der Waals surface area (Å²) in [6.07, 6.45) is 0.203. The zero-order valence-corrected chi connectivity index (χ0v) is 17.4. The van der Waals surface area contributed by atoms with E-state index in [4.69, 9.17) is 0 Å². The highest BCUT2D eigenvalue weighted by molar-refractivity contribution is 5.99. The molecule has 4 rings (SSSR count). The maximum atomic E-state index is 13.0. The van der Waals surface area contributed by atoms with Crippen molar-refractivity contribution >= 4 is 29.2 Å². The fourth-order valence-electron chi connectivity index (χ4n) is 3.70. The second-order valence-electron chi connectivity index (χ2n) is 7.56. The summed E-state index contributed by atoms with van der Waals surface area (Å²) in [5.41, 5.74) is 2.09. The Balaban J connectivity index is 1.42. The molecule has 3 N–H and O–H groups in total. The van der Waals surface area contributed by atoms with Crippen LogP contribution in [0.4, 0.5) is 16.2 Å². The minimum atomic E-state index is -0.890. The fraction of sp³-hybridized carbons (Fsp3) is 0.160. The molecule has 0 saturated carbocycles. The van der Waals surface area contributed by atoms with Gasteiger partial charge in [0.15, 0.2) is 0 Å². The Morgan fingerprint density at radius 2 is 1.44 bits per heavy atom. The minimum Gasteiger partial charge on any atom is -0.333 e. The van der Waals surface area contributed by atoms with Gasteiger partial charge in [-0.2, -0.15) is 0 Å². The number of benzene rings is 3. The molecule has 1 heterocycles. The van der Waals surface area contributed by atoms with Gasteiger partial charge in [0.2, 0.25) is 5.91 Å². The average Bonchev–Trinajstić information content (AvgIpc) is 3.19. The van der Waals surface area contributed by atoms with E-state index in [0.29, 0.717) is 17.8 Å². The van der Waals surface area contributed by atoms with Crippen molar-refractivity contribution in [2.45, 2.75) is 18.5 Å². The van der Waals surface area contributed by atoms with E-state index in [9.17, 15) is 14.4 Å². The van der Waals surface area contributed by atoms with Crippen LogP contribution in [0.15, 0.2) is 91.0 Å². The van der Waals surface area contributed by atoms with E-state index in [2.05, 4.69) is 16.0 Å². The lowest BCUT2D eigenvalue weighted by atomic mass is 10.1. The standard InChI is InChI=1S/C25H24N4O3/c30-22-16-20(17-29(22)21-14-8-3-9-15-21)27-25(32)28-23(18-10-4-1-5-11-18)24(31)26-19-12-6-2-7-13-19/h1-15,20,23H,16-17H2,(H,26,31)(H2,27,28,32). The Kier molecular flexibility index (Phi) is 6.46. The van der Waals surface area contributed by atoms with Gasteiger partial charge in [-0.05, 0) is 29.8 Å². The second kappa shape index (κ2) is 9.78. The molecule has 0 spiro atoms. The van der Waals surface area contributed by atoms with Gasteiger partial charge in [0.05, 0.1) is 6.04 Å². The second-order valence-corrected chi connectivity index (χ2v) is 7.56. The maximum Gasteiger partial charge on any atom is 0.316 e. The van der Waals surface area contributed by atoms with Crippen LogP contribution < -0.4 is 20.9 Å². The van der Waals surface area contributed by atoms with Gasteiger partial charge in [0.25, 0.3) is 5.91 Å². The van der Waals surface area contributed by atoms with Crippen LogP contribution in [-0.2, 0) is 9.59 Å². The van der Waals surface area contributed by atoms with E-state index in [0.717, 1.165) is 5.69 Å². The SMILES string of the molecule is O=C(NC1CC(=O)N(c2ccccc2)C1)NC(C(=O)Nc1ccccc1)c1ccccc1. The van der Waals surface area contributed by atoms with Gasteiger partial charge in [-0.25, -0.2) is 4.79 Å². The highest BCUT2D eigenvalue weighted by atomic mass is 16.2. The predicted molar refractivity (Wildman–Crippen MR) is 123 cm³/mol. The molecule has 7 nitrogen and oxygen atoms in total. The Morgan fingerprint density at radius 3 is 2.09 bits per heavy atom. The van der Waals surface area contributed by atoms with Crippen molar-refractivity contribution in [2.24, 2.45) is 0 Å². The van der Waals surface area contributed by atoms with Crippen molar-refractivity contribution in [1.29, 1.82) is 0 Å². The first-order valence-corrected chi connectivity index (χ1v) is 10.4. The van der Waals surface area contributed by atoms with Crippen LogP contribution >= 0.6 is 0 Å². The number of rotatable bonds is 6. The van der Waals surface area contributed by atoms with Crippen LogP contribution in [0.25, 0.3) is 0 Å². The fourth-order valence-corrected chi connectivity index (χ4v) is 3.70. The molecule has 162 valence electrons. The van der Waals surface area contributed by atoms with Crippen molar-refractivity contribution in [3.05, 3.63) is 96.6 Å². The van der Waals surface area contributed by atoms with Crippen molar-refractivity contribution in [3.63, 3.8) is 0 Å². The summed E-state index contributed by atoms with van der Waals surface area (Å²) in [5.74, 6) is -0.408. The molecule has 1 saturated heterocycles. The van der Waals surface area contributed by atoms with Crippen LogP contribution in [0, 0.1) is 0 Å². The first-order valence-electron chi connectivity index (χ1n) is 10.4. The number of carbonyl (C=O) groups excluding carboxylic acids is 3. The molecule has 3 aromatic carbocycles. The summed E-state index contributed by atoms with van der Waals surface area (Å²) in [4.78, 5) is 39.8. The van der Waals surface area contributed by atoms with Gasteiger partial charge in [-0.3, -0.25) is 9.59 Å². The van der Waals surface area contributed by atoms with Gasteiger partial charge in [-0.15, -0.1) is 0 Å². The normalized spacial score (nSPS) is 16.3. The predicted octanol–water partition coefficient (Wildman–Crippen LogP) is 3.47. The van der Waals surface area contributed by atoms with Crippen LogP contribution in [0.2, 0.25) is 0 Å². The molecule has 0 radical (unpaired) electrons. The van der Waals surface area contributed by atoms with E-state index in [1.165, 1.54) is 0 Å². The number of para-hydroxylation sites is 2. The number of urea groups is 1. The minimum absolute atomic E-state index is 0.0528. The Morgan fingerprint density at radius 1 is 0.844 bits per heavy atom.